The molecule has 6 heteroatoms. The summed E-state index contributed by atoms with van der Waals surface area (Å²) in [5, 5.41) is 3.20. The first kappa shape index (κ1) is 17.1. The second-order valence-corrected chi connectivity index (χ2v) is 6.60. The molecule has 0 aliphatic rings. The first-order valence-electron chi connectivity index (χ1n) is 7.92. The maximum absolute atomic E-state index is 12.1. The number of nitrogens with zero attached hydrogens (tertiary/aromatic N) is 2. The molecule has 0 saturated heterocycles. The van der Waals surface area contributed by atoms with Crippen LogP contribution in [0.4, 0.5) is 5.13 Å². The fraction of sp³-hybridized carbons (Fsp3) is 0.211. The lowest BCUT2D eigenvalue weighted by Crippen LogP contribution is -2.20. The van der Waals surface area contributed by atoms with Gasteiger partial charge in [-0.1, -0.05) is 48.0 Å². The van der Waals surface area contributed by atoms with E-state index in [4.69, 9.17) is 4.74 Å². The van der Waals surface area contributed by atoms with Crippen LogP contribution in [0, 0.1) is 20.8 Å². The molecule has 0 spiro atoms. The van der Waals surface area contributed by atoms with E-state index in [0.717, 1.165) is 34.0 Å². The zero-order valence-electron chi connectivity index (χ0n) is 14.4. The minimum atomic E-state index is -0.255. The Hall–Kier alpha value is -2.73. The third-order valence-electron chi connectivity index (χ3n) is 3.74. The predicted molar refractivity (Wildman–Crippen MR) is 100 cm³/mol. The maximum Gasteiger partial charge on any atom is 0.264 e. The lowest BCUT2D eigenvalue weighted by Gasteiger charge is -2.11. The molecule has 5 nitrogen and oxygen atoms in total. The summed E-state index contributed by atoms with van der Waals surface area (Å²) in [6.07, 6.45) is 0. The highest BCUT2D eigenvalue weighted by atomic mass is 32.1. The molecule has 0 unspecified atom stereocenters. The molecular formula is C19H19N3O2S. The molecule has 1 N–H and O–H groups in total. The number of para-hydroxylation sites is 1. The van der Waals surface area contributed by atoms with Gasteiger partial charge in [-0.15, -0.1) is 0 Å². The SMILES string of the molecule is Cc1ccc(-c2nsc(NC(=O)COc3c(C)cccc3C)n2)cc1. The Balaban J connectivity index is 1.61. The van der Waals surface area contributed by atoms with E-state index in [-0.39, 0.29) is 12.5 Å². The van der Waals surface area contributed by atoms with E-state index in [1.54, 1.807) is 0 Å². The number of hydrogen-bond donors (Lipinski definition) is 1. The molecular weight excluding hydrogens is 334 g/mol. The molecule has 1 aromatic heterocycles. The number of nitrogens with one attached hydrogen (secondary N) is 1. The summed E-state index contributed by atoms with van der Waals surface area (Å²) in [7, 11) is 0. The molecule has 25 heavy (non-hydrogen) atoms. The molecule has 2 aromatic carbocycles. The van der Waals surface area contributed by atoms with Crippen molar-refractivity contribution in [1.29, 1.82) is 0 Å². The lowest BCUT2D eigenvalue weighted by atomic mass is 10.1. The molecule has 0 bridgehead atoms. The molecule has 128 valence electrons. The summed E-state index contributed by atoms with van der Waals surface area (Å²) < 4.78 is 9.94. The Labute approximate surface area is 150 Å². The number of hydrogen-bond acceptors (Lipinski definition) is 5. The largest absolute Gasteiger partial charge is 0.483 e. The van der Waals surface area contributed by atoms with Crippen LogP contribution in [0.2, 0.25) is 0 Å². The van der Waals surface area contributed by atoms with E-state index in [1.807, 2.05) is 63.2 Å². The summed E-state index contributed by atoms with van der Waals surface area (Å²) in [5.41, 5.74) is 4.11. The van der Waals surface area contributed by atoms with Gasteiger partial charge in [0.1, 0.15) is 5.75 Å². The van der Waals surface area contributed by atoms with Gasteiger partial charge in [0.05, 0.1) is 0 Å². The van der Waals surface area contributed by atoms with E-state index in [0.29, 0.717) is 11.0 Å². The van der Waals surface area contributed by atoms with Gasteiger partial charge < -0.3 is 4.74 Å². The third-order valence-corrected chi connectivity index (χ3v) is 4.37. The first-order chi connectivity index (χ1) is 12.0. The number of amides is 1. The van der Waals surface area contributed by atoms with Crippen molar-refractivity contribution in [3.8, 4) is 17.1 Å². The van der Waals surface area contributed by atoms with Crippen molar-refractivity contribution in [1.82, 2.24) is 9.36 Å². The number of benzene rings is 2. The van der Waals surface area contributed by atoms with Crippen molar-refractivity contribution in [3.05, 3.63) is 59.2 Å². The van der Waals surface area contributed by atoms with Crippen LogP contribution in [0.15, 0.2) is 42.5 Å². The van der Waals surface area contributed by atoms with Crippen LogP contribution >= 0.6 is 11.5 Å². The van der Waals surface area contributed by atoms with Crippen molar-refractivity contribution >= 4 is 22.6 Å². The van der Waals surface area contributed by atoms with Crippen LogP contribution in [0.3, 0.4) is 0 Å². The minimum absolute atomic E-state index is 0.0643. The fourth-order valence-corrected chi connectivity index (χ4v) is 3.02. The summed E-state index contributed by atoms with van der Waals surface area (Å²) in [6.45, 7) is 5.88. The van der Waals surface area contributed by atoms with Crippen LogP contribution in [-0.2, 0) is 4.79 Å². The van der Waals surface area contributed by atoms with Gasteiger partial charge in [0, 0.05) is 17.1 Å². The Morgan fingerprint density at radius 1 is 1.08 bits per heavy atom. The van der Waals surface area contributed by atoms with Crippen LogP contribution in [0.5, 0.6) is 5.75 Å². The van der Waals surface area contributed by atoms with Crippen LogP contribution < -0.4 is 10.1 Å². The number of rotatable bonds is 5. The second kappa shape index (κ2) is 7.44. The summed E-state index contributed by atoms with van der Waals surface area (Å²) in [6, 6.07) is 13.8. The van der Waals surface area contributed by atoms with Crippen molar-refractivity contribution < 1.29 is 9.53 Å². The van der Waals surface area contributed by atoms with E-state index >= 15 is 0 Å². The fourth-order valence-electron chi connectivity index (χ4n) is 2.41. The van der Waals surface area contributed by atoms with Gasteiger partial charge in [-0.3, -0.25) is 10.1 Å². The average molecular weight is 353 g/mol. The molecule has 1 amide bonds. The minimum Gasteiger partial charge on any atom is -0.483 e. The van der Waals surface area contributed by atoms with Crippen molar-refractivity contribution in [2.75, 3.05) is 11.9 Å². The van der Waals surface area contributed by atoms with Crippen molar-refractivity contribution in [3.63, 3.8) is 0 Å². The Morgan fingerprint density at radius 2 is 1.76 bits per heavy atom. The Morgan fingerprint density at radius 3 is 2.44 bits per heavy atom. The quantitative estimate of drug-likeness (QED) is 0.748. The van der Waals surface area contributed by atoms with E-state index in [2.05, 4.69) is 14.7 Å². The van der Waals surface area contributed by atoms with Crippen molar-refractivity contribution in [2.45, 2.75) is 20.8 Å². The molecule has 0 fully saturated rings. The molecule has 0 radical (unpaired) electrons. The van der Waals surface area contributed by atoms with Crippen molar-refractivity contribution in [2.24, 2.45) is 0 Å². The molecule has 1 heterocycles. The third kappa shape index (κ3) is 4.22. The first-order valence-corrected chi connectivity index (χ1v) is 8.70. The van der Waals surface area contributed by atoms with E-state index in [9.17, 15) is 4.79 Å². The number of ether oxygens (including phenoxy) is 1. The normalized spacial score (nSPS) is 10.5. The number of aromatic nitrogens is 2. The zero-order chi connectivity index (χ0) is 17.8. The molecule has 0 aliphatic carbocycles. The highest BCUT2D eigenvalue weighted by Crippen LogP contribution is 2.23. The molecule has 0 saturated carbocycles. The average Bonchev–Trinajstić information content (AvgIpc) is 3.03. The van der Waals surface area contributed by atoms with E-state index in [1.165, 1.54) is 5.56 Å². The van der Waals surface area contributed by atoms with Gasteiger partial charge in [0.15, 0.2) is 12.4 Å². The summed E-state index contributed by atoms with van der Waals surface area (Å²) >= 11 is 1.16. The highest BCUT2D eigenvalue weighted by Gasteiger charge is 2.11. The molecule has 0 aliphatic heterocycles. The number of anilines is 1. The molecule has 3 rings (SSSR count). The number of carbonyl (C=O) groups excluding carboxylic acids is 1. The standard InChI is InChI=1S/C19H19N3O2S/c1-12-7-9-15(10-8-12)18-21-19(25-22-18)20-16(23)11-24-17-13(2)5-4-6-14(17)3/h4-10H,11H2,1-3H3,(H,20,21,22,23). The topological polar surface area (TPSA) is 64.1 Å². The molecule has 0 atom stereocenters. The van der Waals surface area contributed by atoms with Gasteiger partial charge in [0.25, 0.3) is 5.91 Å². The highest BCUT2D eigenvalue weighted by molar-refractivity contribution is 7.10. The Bertz CT molecular complexity index is 868. The van der Waals surface area contributed by atoms with Gasteiger partial charge in [-0.05, 0) is 31.9 Å². The Kier molecular flexibility index (Phi) is 5.09. The van der Waals surface area contributed by atoms with E-state index < -0.39 is 0 Å². The van der Waals surface area contributed by atoms with Crippen LogP contribution in [0.1, 0.15) is 16.7 Å². The smallest absolute Gasteiger partial charge is 0.264 e. The predicted octanol–water partition coefficient (Wildman–Crippen LogP) is 4.15. The van der Waals surface area contributed by atoms with Gasteiger partial charge in [0.2, 0.25) is 5.13 Å². The lowest BCUT2D eigenvalue weighted by molar-refractivity contribution is -0.118. The number of aryl methyl sites for hydroxylation is 3. The van der Waals surface area contributed by atoms with Crippen LogP contribution in [-0.4, -0.2) is 21.9 Å². The zero-order valence-corrected chi connectivity index (χ0v) is 15.2. The second-order valence-electron chi connectivity index (χ2n) is 5.85. The van der Waals surface area contributed by atoms with Gasteiger partial charge in [-0.25, -0.2) is 0 Å². The van der Waals surface area contributed by atoms with Gasteiger partial charge in [-0.2, -0.15) is 9.36 Å². The summed E-state index contributed by atoms with van der Waals surface area (Å²) in [4.78, 5) is 16.5. The number of carbonyl (C=O) groups is 1. The maximum atomic E-state index is 12.1. The van der Waals surface area contributed by atoms with Gasteiger partial charge >= 0.3 is 0 Å². The molecule has 3 aromatic rings. The van der Waals surface area contributed by atoms with Crippen LogP contribution in [0.25, 0.3) is 11.4 Å². The monoisotopic (exact) mass is 353 g/mol. The summed E-state index contributed by atoms with van der Waals surface area (Å²) in [5.74, 6) is 1.10.